The Bertz CT molecular complexity index is 1440. The molecule has 194 valence electrons. The van der Waals surface area contributed by atoms with Crippen LogP contribution in [0, 0.1) is 0 Å². The Morgan fingerprint density at radius 1 is 1.19 bits per heavy atom. The van der Waals surface area contributed by atoms with Crippen LogP contribution in [0.15, 0.2) is 36.7 Å². The van der Waals surface area contributed by atoms with Gasteiger partial charge in [0.25, 0.3) is 5.91 Å². The highest BCUT2D eigenvalue weighted by molar-refractivity contribution is 6.35. The maximum absolute atomic E-state index is 13.6. The molecule has 1 saturated heterocycles. The molecule has 0 radical (unpaired) electrons. The number of likely N-dealkylation sites (tertiary alicyclic amines) is 1. The minimum atomic E-state index is -0.171. The summed E-state index contributed by atoms with van der Waals surface area (Å²) in [7, 11) is 4.12. The van der Waals surface area contributed by atoms with Gasteiger partial charge in [-0.15, -0.1) is 0 Å². The molecule has 0 spiro atoms. The highest BCUT2D eigenvalue weighted by Gasteiger charge is 2.29. The molecular formula is C27H31Cl2N7O. The molecule has 2 unspecified atom stereocenters. The largest absolute Gasteiger partial charge is 0.360 e. The fourth-order valence-electron chi connectivity index (χ4n) is 4.96. The second-order valence-electron chi connectivity index (χ2n) is 9.96. The van der Waals surface area contributed by atoms with E-state index in [4.69, 9.17) is 23.2 Å². The van der Waals surface area contributed by atoms with Gasteiger partial charge in [-0.05, 0) is 83.6 Å². The lowest BCUT2D eigenvalue weighted by Gasteiger charge is -2.36. The smallest absolute Gasteiger partial charge is 0.255 e. The second-order valence-corrected chi connectivity index (χ2v) is 10.8. The number of halogens is 2. The lowest BCUT2D eigenvalue weighted by atomic mass is 9.97. The van der Waals surface area contributed by atoms with Crippen molar-refractivity contribution in [1.82, 2.24) is 29.7 Å². The van der Waals surface area contributed by atoms with Crippen molar-refractivity contribution < 1.29 is 4.79 Å². The third-order valence-electron chi connectivity index (χ3n) is 6.98. The van der Waals surface area contributed by atoms with E-state index >= 15 is 0 Å². The fraction of sp³-hybridized carbons (Fsp3) is 0.407. The maximum Gasteiger partial charge on any atom is 0.255 e. The molecule has 0 aliphatic carbocycles. The molecule has 4 aromatic rings. The molecule has 0 bridgehead atoms. The van der Waals surface area contributed by atoms with E-state index in [2.05, 4.69) is 44.2 Å². The molecule has 0 saturated carbocycles. The first-order valence-electron chi connectivity index (χ1n) is 12.6. The molecule has 1 aliphatic rings. The number of aromatic nitrogens is 4. The van der Waals surface area contributed by atoms with Crippen molar-refractivity contribution in [2.24, 2.45) is 0 Å². The number of hydrogen-bond acceptors (Lipinski definition) is 6. The number of piperidine rings is 1. The Morgan fingerprint density at radius 2 is 2.03 bits per heavy atom. The summed E-state index contributed by atoms with van der Waals surface area (Å²) in [5.41, 5.74) is 2.86. The van der Waals surface area contributed by atoms with E-state index in [1.165, 1.54) is 6.33 Å². The molecule has 1 amide bonds. The summed E-state index contributed by atoms with van der Waals surface area (Å²) in [5.74, 6) is 1.35. The summed E-state index contributed by atoms with van der Waals surface area (Å²) >= 11 is 12.8. The molecule has 2 atom stereocenters. The van der Waals surface area contributed by atoms with Gasteiger partial charge in [-0.25, -0.2) is 15.0 Å². The number of rotatable bonds is 7. The zero-order chi connectivity index (χ0) is 26.1. The van der Waals surface area contributed by atoms with Crippen LogP contribution in [-0.4, -0.2) is 68.9 Å². The van der Waals surface area contributed by atoms with Gasteiger partial charge < -0.3 is 20.1 Å². The zero-order valence-electron chi connectivity index (χ0n) is 21.3. The summed E-state index contributed by atoms with van der Waals surface area (Å²) in [6.45, 7) is 3.69. The Hall–Kier alpha value is -2.94. The van der Waals surface area contributed by atoms with Gasteiger partial charge in [0.15, 0.2) is 0 Å². The topological polar surface area (TPSA) is 90.0 Å². The highest BCUT2D eigenvalue weighted by Crippen LogP contribution is 2.31. The normalized spacial score (nSPS) is 17.0. The van der Waals surface area contributed by atoms with Crippen molar-refractivity contribution in [1.29, 1.82) is 0 Å². The van der Waals surface area contributed by atoms with E-state index in [1.807, 2.05) is 30.0 Å². The minimum Gasteiger partial charge on any atom is -0.360 e. The predicted molar refractivity (Wildman–Crippen MR) is 150 cm³/mol. The van der Waals surface area contributed by atoms with Crippen molar-refractivity contribution >= 4 is 56.9 Å². The number of hydrogen-bond donors (Lipinski definition) is 2. The Labute approximate surface area is 226 Å². The molecule has 1 fully saturated rings. The molecule has 2 aromatic heterocycles. The first-order valence-corrected chi connectivity index (χ1v) is 13.4. The van der Waals surface area contributed by atoms with Crippen LogP contribution >= 0.6 is 23.2 Å². The fourth-order valence-corrected chi connectivity index (χ4v) is 5.37. The van der Waals surface area contributed by atoms with E-state index in [0.29, 0.717) is 26.9 Å². The average Bonchev–Trinajstić information content (AvgIpc) is 3.31. The van der Waals surface area contributed by atoms with E-state index in [-0.39, 0.29) is 18.0 Å². The monoisotopic (exact) mass is 539 g/mol. The number of fused-ring (bicyclic) bond motifs is 2. The number of benzene rings is 2. The van der Waals surface area contributed by atoms with Gasteiger partial charge in [-0.1, -0.05) is 23.2 Å². The number of amides is 1. The summed E-state index contributed by atoms with van der Waals surface area (Å²) < 4.78 is 0. The van der Waals surface area contributed by atoms with Gasteiger partial charge >= 0.3 is 0 Å². The second kappa shape index (κ2) is 10.8. The number of carbonyl (C=O) groups is 1. The molecule has 3 heterocycles. The van der Waals surface area contributed by atoms with Gasteiger partial charge in [-0.3, -0.25) is 4.79 Å². The summed E-state index contributed by atoms with van der Waals surface area (Å²) in [6, 6.07) is 9.20. The summed E-state index contributed by atoms with van der Waals surface area (Å²) in [6.07, 6.45) is 5.63. The molecule has 10 heteroatoms. The van der Waals surface area contributed by atoms with Crippen molar-refractivity contribution in [3.8, 4) is 0 Å². The number of anilines is 1. The van der Waals surface area contributed by atoms with E-state index in [1.54, 1.807) is 12.1 Å². The minimum absolute atomic E-state index is 0.0298. The van der Waals surface area contributed by atoms with Crippen LogP contribution in [-0.2, 0) is 0 Å². The van der Waals surface area contributed by atoms with Gasteiger partial charge in [0.2, 0.25) is 0 Å². The number of imidazole rings is 1. The van der Waals surface area contributed by atoms with Crippen LogP contribution in [0.1, 0.15) is 54.8 Å². The summed E-state index contributed by atoms with van der Waals surface area (Å²) in [5, 5.41) is 5.20. The van der Waals surface area contributed by atoms with E-state index in [9.17, 15) is 4.79 Å². The molecule has 5 rings (SSSR count). The predicted octanol–water partition coefficient (Wildman–Crippen LogP) is 5.93. The van der Waals surface area contributed by atoms with Crippen molar-refractivity contribution in [3.05, 3.63) is 58.1 Å². The third kappa shape index (κ3) is 5.51. The SMILES string of the molecule is CC(Nc1ncnc2cc(C(=O)N3CCCCC3CCN(C)C)c(Cl)cc12)c1nc2cc(Cl)ccc2[nH]1. The lowest BCUT2D eigenvalue weighted by Crippen LogP contribution is -2.45. The molecule has 2 N–H and O–H groups in total. The average molecular weight is 540 g/mol. The number of H-pyrrole nitrogens is 1. The Balaban J connectivity index is 1.40. The first-order chi connectivity index (χ1) is 17.8. The van der Waals surface area contributed by atoms with Crippen molar-refractivity contribution in [2.45, 2.75) is 44.7 Å². The van der Waals surface area contributed by atoms with E-state index < -0.39 is 0 Å². The summed E-state index contributed by atoms with van der Waals surface area (Å²) in [4.78, 5) is 34.7. The van der Waals surface area contributed by atoms with Crippen LogP contribution in [0.4, 0.5) is 5.82 Å². The van der Waals surface area contributed by atoms with Gasteiger partial charge in [-0.2, -0.15) is 0 Å². The molecule has 1 aliphatic heterocycles. The Morgan fingerprint density at radius 3 is 2.84 bits per heavy atom. The van der Waals surface area contributed by atoms with Gasteiger partial charge in [0, 0.05) is 23.0 Å². The Kier molecular flexibility index (Phi) is 7.51. The van der Waals surface area contributed by atoms with Gasteiger partial charge in [0.1, 0.15) is 18.0 Å². The molecular weight excluding hydrogens is 509 g/mol. The number of nitrogens with one attached hydrogen (secondary N) is 2. The number of nitrogens with zero attached hydrogens (tertiary/aromatic N) is 5. The van der Waals surface area contributed by atoms with Crippen molar-refractivity contribution in [3.63, 3.8) is 0 Å². The molecule has 8 nitrogen and oxygen atoms in total. The van der Waals surface area contributed by atoms with Gasteiger partial charge in [0.05, 0.1) is 33.2 Å². The third-order valence-corrected chi connectivity index (χ3v) is 7.53. The van der Waals surface area contributed by atoms with Crippen LogP contribution in [0.3, 0.4) is 0 Å². The lowest BCUT2D eigenvalue weighted by molar-refractivity contribution is 0.0591. The first kappa shape index (κ1) is 25.7. The molecule has 2 aromatic carbocycles. The molecule has 37 heavy (non-hydrogen) atoms. The highest BCUT2D eigenvalue weighted by atomic mass is 35.5. The standard InChI is InChI=1S/C27H31Cl2N7O/c1-16(25-33-22-8-7-17(28)12-24(22)34-25)32-26-20-13-21(29)19(14-23(20)30-15-31-26)27(37)36-10-5-4-6-18(36)9-11-35(2)3/h7-8,12-16,18H,4-6,9-11H2,1-3H3,(H,33,34)(H,30,31,32). The van der Waals surface area contributed by atoms with Crippen LogP contribution < -0.4 is 5.32 Å². The van der Waals surface area contributed by atoms with Crippen LogP contribution in [0.5, 0.6) is 0 Å². The zero-order valence-corrected chi connectivity index (χ0v) is 22.8. The number of carbonyl (C=O) groups excluding carboxylic acids is 1. The van der Waals surface area contributed by atoms with Crippen LogP contribution in [0.2, 0.25) is 10.0 Å². The van der Waals surface area contributed by atoms with Crippen LogP contribution in [0.25, 0.3) is 21.9 Å². The van der Waals surface area contributed by atoms with Crippen molar-refractivity contribution in [2.75, 3.05) is 32.5 Å². The number of aromatic amines is 1. The van der Waals surface area contributed by atoms with E-state index in [0.717, 1.165) is 61.0 Å². The maximum atomic E-state index is 13.6. The quantitative estimate of drug-likeness (QED) is 0.302.